The molecule has 5 heteroatoms. The molecule has 2 amide bonds. The second-order valence-corrected chi connectivity index (χ2v) is 5.95. The average Bonchev–Trinajstić information content (AvgIpc) is 2.44. The molecule has 2 rings (SSSR count). The van der Waals surface area contributed by atoms with Crippen molar-refractivity contribution in [2.45, 2.75) is 45.3 Å². The number of hydrogen-bond acceptors (Lipinski definition) is 2. The molecule has 116 valence electrons. The number of benzene rings is 1. The molecule has 1 aromatic rings. The number of urea groups is 1. The zero-order valence-electron chi connectivity index (χ0n) is 12.5. The monoisotopic (exact) mass is 294 g/mol. The number of hydrogen-bond donors (Lipinski definition) is 3. The molecule has 0 saturated carbocycles. The maximum atomic E-state index is 13.2. The molecule has 0 spiro atoms. The van der Waals surface area contributed by atoms with Crippen LogP contribution in [0.3, 0.4) is 0 Å². The summed E-state index contributed by atoms with van der Waals surface area (Å²) in [7, 11) is 0. The fourth-order valence-corrected chi connectivity index (χ4v) is 2.58. The lowest BCUT2D eigenvalue weighted by atomic mass is 9.88. The van der Waals surface area contributed by atoms with Crippen LogP contribution in [-0.2, 0) is 6.42 Å². The normalized spacial score (nSPS) is 19.0. The van der Waals surface area contributed by atoms with E-state index < -0.39 is 6.10 Å². The van der Waals surface area contributed by atoms with Gasteiger partial charge in [0, 0.05) is 6.54 Å². The number of carbonyl (C=O) groups excluding carboxylic acids is 1. The zero-order valence-corrected chi connectivity index (χ0v) is 12.5. The molecule has 0 saturated heterocycles. The SMILES string of the molecule is CC(C)C(O)CNC(=O)NC1CCCc2cc(F)ccc21. The Hall–Kier alpha value is -1.62. The first-order valence-corrected chi connectivity index (χ1v) is 7.48. The van der Waals surface area contributed by atoms with Crippen LogP contribution in [0.1, 0.15) is 43.9 Å². The van der Waals surface area contributed by atoms with Crippen molar-refractivity contribution in [3.05, 3.63) is 35.1 Å². The Morgan fingerprint density at radius 2 is 2.24 bits per heavy atom. The summed E-state index contributed by atoms with van der Waals surface area (Å²) in [6.07, 6.45) is 2.07. The van der Waals surface area contributed by atoms with Crippen molar-refractivity contribution in [1.29, 1.82) is 0 Å². The van der Waals surface area contributed by atoms with Crippen molar-refractivity contribution >= 4 is 6.03 Å². The number of halogens is 1. The van der Waals surface area contributed by atoms with E-state index in [9.17, 15) is 14.3 Å². The second kappa shape index (κ2) is 6.89. The lowest BCUT2D eigenvalue weighted by Gasteiger charge is -2.27. The third-order valence-electron chi connectivity index (χ3n) is 3.97. The van der Waals surface area contributed by atoms with E-state index in [4.69, 9.17) is 0 Å². The first-order chi connectivity index (χ1) is 9.97. The van der Waals surface area contributed by atoms with Crippen molar-refractivity contribution < 1.29 is 14.3 Å². The van der Waals surface area contributed by atoms with Gasteiger partial charge >= 0.3 is 6.03 Å². The smallest absolute Gasteiger partial charge is 0.315 e. The maximum Gasteiger partial charge on any atom is 0.315 e. The van der Waals surface area contributed by atoms with E-state index in [1.807, 2.05) is 13.8 Å². The quantitative estimate of drug-likeness (QED) is 0.799. The van der Waals surface area contributed by atoms with Crippen molar-refractivity contribution in [2.75, 3.05) is 6.54 Å². The molecule has 1 aliphatic rings. The van der Waals surface area contributed by atoms with Gasteiger partial charge in [0.1, 0.15) is 5.82 Å². The minimum atomic E-state index is -0.552. The molecule has 0 radical (unpaired) electrons. The Kier molecular flexibility index (Phi) is 5.17. The van der Waals surface area contributed by atoms with Gasteiger partial charge in [0.25, 0.3) is 0 Å². The first kappa shape index (κ1) is 15.8. The Morgan fingerprint density at radius 1 is 1.48 bits per heavy atom. The van der Waals surface area contributed by atoms with Crippen LogP contribution in [0.5, 0.6) is 0 Å². The predicted molar refractivity (Wildman–Crippen MR) is 79.5 cm³/mol. The van der Waals surface area contributed by atoms with Crippen molar-refractivity contribution in [2.24, 2.45) is 5.92 Å². The lowest BCUT2D eigenvalue weighted by Crippen LogP contribution is -2.43. The Morgan fingerprint density at radius 3 is 2.95 bits per heavy atom. The van der Waals surface area contributed by atoms with E-state index in [2.05, 4.69) is 10.6 Å². The lowest BCUT2D eigenvalue weighted by molar-refractivity contribution is 0.124. The van der Waals surface area contributed by atoms with Crippen LogP contribution in [0.2, 0.25) is 0 Å². The zero-order chi connectivity index (χ0) is 15.4. The minimum Gasteiger partial charge on any atom is -0.391 e. The molecule has 1 aromatic carbocycles. The maximum absolute atomic E-state index is 13.2. The van der Waals surface area contributed by atoms with Crippen LogP contribution in [0.4, 0.5) is 9.18 Å². The molecule has 2 unspecified atom stereocenters. The summed E-state index contributed by atoms with van der Waals surface area (Å²) >= 11 is 0. The van der Waals surface area contributed by atoms with Gasteiger partial charge in [-0.2, -0.15) is 0 Å². The highest BCUT2D eigenvalue weighted by molar-refractivity contribution is 5.74. The number of aliphatic hydroxyl groups is 1. The third-order valence-corrected chi connectivity index (χ3v) is 3.97. The van der Waals surface area contributed by atoms with E-state index in [1.54, 1.807) is 12.1 Å². The summed E-state index contributed by atoms with van der Waals surface area (Å²) in [5.74, 6) is -0.136. The highest BCUT2D eigenvalue weighted by Crippen LogP contribution is 2.30. The number of carbonyl (C=O) groups is 1. The van der Waals surface area contributed by atoms with E-state index in [0.717, 1.165) is 30.4 Å². The van der Waals surface area contributed by atoms with Gasteiger partial charge in [-0.15, -0.1) is 0 Å². The molecule has 0 bridgehead atoms. The number of amides is 2. The fraction of sp³-hybridized carbons (Fsp3) is 0.562. The van der Waals surface area contributed by atoms with Gasteiger partial charge in [0.2, 0.25) is 0 Å². The molecule has 0 heterocycles. The van der Waals surface area contributed by atoms with Crippen LogP contribution >= 0.6 is 0 Å². The Labute approximate surface area is 124 Å². The van der Waals surface area contributed by atoms with Crippen LogP contribution in [-0.4, -0.2) is 23.8 Å². The van der Waals surface area contributed by atoms with E-state index in [1.165, 1.54) is 6.07 Å². The molecular weight excluding hydrogens is 271 g/mol. The van der Waals surface area contributed by atoms with Gasteiger partial charge in [-0.3, -0.25) is 0 Å². The molecule has 0 aliphatic heterocycles. The number of nitrogens with one attached hydrogen (secondary N) is 2. The number of fused-ring (bicyclic) bond motifs is 1. The predicted octanol–water partition coefficient (Wildman–Crippen LogP) is 2.52. The minimum absolute atomic E-state index is 0.0921. The number of aryl methyl sites for hydroxylation is 1. The molecular formula is C16H23FN2O2. The summed E-state index contributed by atoms with van der Waals surface area (Å²) in [5.41, 5.74) is 1.95. The van der Waals surface area contributed by atoms with Gasteiger partial charge < -0.3 is 15.7 Å². The van der Waals surface area contributed by atoms with Crippen LogP contribution in [0.25, 0.3) is 0 Å². The van der Waals surface area contributed by atoms with E-state index >= 15 is 0 Å². The summed E-state index contributed by atoms with van der Waals surface area (Å²) in [6, 6.07) is 4.34. The highest BCUT2D eigenvalue weighted by Gasteiger charge is 2.22. The summed E-state index contributed by atoms with van der Waals surface area (Å²) < 4.78 is 13.2. The average molecular weight is 294 g/mol. The Bertz CT molecular complexity index is 505. The molecule has 0 fully saturated rings. The second-order valence-electron chi connectivity index (χ2n) is 5.95. The topological polar surface area (TPSA) is 61.4 Å². The number of rotatable bonds is 4. The molecule has 2 atom stereocenters. The fourth-order valence-electron chi connectivity index (χ4n) is 2.58. The first-order valence-electron chi connectivity index (χ1n) is 7.48. The van der Waals surface area contributed by atoms with Gasteiger partial charge in [-0.05, 0) is 48.4 Å². The summed E-state index contributed by atoms with van der Waals surface area (Å²) in [4.78, 5) is 11.9. The third kappa shape index (κ3) is 4.17. The summed E-state index contributed by atoms with van der Waals surface area (Å²) in [6.45, 7) is 4.03. The van der Waals surface area contributed by atoms with E-state index in [-0.39, 0.29) is 30.4 Å². The summed E-state index contributed by atoms with van der Waals surface area (Å²) in [5, 5.41) is 15.3. The number of aliphatic hydroxyl groups excluding tert-OH is 1. The molecule has 3 N–H and O–H groups in total. The van der Waals surface area contributed by atoms with Crippen LogP contribution in [0.15, 0.2) is 18.2 Å². The van der Waals surface area contributed by atoms with E-state index in [0.29, 0.717) is 0 Å². The van der Waals surface area contributed by atoms with Gasteiger partial charge in [-0.1, -0.05) is 19.9 Å². The van der Waals surface area contributed by atoms with Crippen LogP contribution < -0.4 is 10.6 Å². The largest absolute Gasteiger partial charge is 0.391 e. The van der Waals surface area contributed by atoms with Gasteiger partial charge in [0.15, 0.2) is 0 Å². The standard InChI is InChI=1S/C16H23FN2O2/c1-10(2)15(20)9-18-16(21)19-14-5-3-4-11-8-12(17)6-7-13(11)14/h6-8,10,14-15,20H,3-5,9H2,1-2H3,(H2,18,19,21). The van der Waals surface area contributed by atoms with Gasteiger partial charge in [-0.25, -0.2) is 9.18 Å². The molecule has 4 nitrogen and oxygen atoms in total. The van der Waals surface area contributed by atoms with Crippen molar-refractivity contribution in [3.63, 3.8) is 0 Å². The molecule has 21 heavy (non-hydrogen) atoms. The van der Waals surface area contributed by atoms with Gasteiger partial charge in [0.05, 0.1) is 12.1 Å². The Balaban J connectivity index is 1.94. The van der Waals surface area contributed by atoms with Crippen LogP contribution in [0, 0.1) is 11.7 Å². The van der Waals surface area contributed by atoms with Crippen molar-refractivity contribution in [1.82, 2.24) is 10.6 Å². The highest BCUT2D eigenvalue weighted by atomic mass is 19.1. The molecule has 1 aliphatic carbocycles. The van der Waals surface area contributed by atoms with Crippen molar-refractivity contribution in [3.8, 4) is 0 Å². The molecule has 0 aromatic heterocycles.